The van der Waals surface area contributed by atoms with Crippen molar-refractivity contribution in [1.82, 2.24) is 10.3 Å². The topological polar surface area (TPSA) is 92.4 Å². The lowest BCUT2D eigenvalue weighted by Gasteiger charge is -2.15. The summed E-state index contributed by atoms with van der Waals surface area (Å²) in [5.41, 5.74) is 0.715. The van der Waals surface area contributed by atoms with Crippen LogP contribution in [-0.2, 0) is 4.79 Å². The molecule has 0 aliphatic carbocycles. The number of oxazole rings is 1. The molecule has 6 nitrogen and oxygen atoms in total. The zero-order valence-corrected chi connectivity index (χ0v) is 12.4. The van der Waals surface area contributed by atoms with E-state index in [-0.39, 0.29) is 17.3 Å². The van der Waals surface area contributed by atoms with Gasteiger partial charge in [-0.3, -0.25) is 4.79 Å². The van der Waals surface area contributed by atoms with Crippen molar-refractivity contribution in [3.8, 4) is 11.5 Å². The highest BCUT2D eigenvalue weighted by Crippen LogP contribution is 2.24. The fraction of sp³-hybridized carbons (Fsp3) is 0.267. The smallest absolute Gasteiger partial charge is 0.391 e. The first-order chi connectivity index (χ1) is 11.2. The third-order valence-electron chi connectivity index (χ3n) is 3.06. The Labute approximate surface area is 134 Å². The molecule has 24 heavy (non-hydrogen) atoms. The molecule has 1 aromatic heterocycles. The van der Waals surface area contributed by atoms with E-state index in [2.05, 4.69) is 4.98 Å². The lowest BCUT2D eigenvalue weighted by atomic mass is 10.2. The minimum atomic E-state index is -4.73. The van der Waals surface area contributed by atoms with Crippen LogP contribution >= 0.6 is 0 Å². The summed E-state index contributed by atoms with van der Waals surface area (Å²) < 4.78 is 42.4. The first kappa shape index (κ1) is 17.5. The first-order valence-electron chi connectivity index (χ1n) is 6.80. The molecule has 0 radical (unpaired) electrons. The number of carboxylic acids is 1. The van der Waals surface area contributed by atoms with Gasteiger partial charge >= 0.3 is 12.1 Å². The van der Waals surface area contributed by atoms with Gasteiger partial charge in [0, 0.05) is 5.56 Å². The number of aliphatic carboxylic acids is 1. The quantitative estimate of drug-likeness (QED) is 0.872. The summed E-state index contributed by atoms with van der Waals surface area (Å²) in [6.45, 7) is 1.43. The number of aryl methyl sites for hydroxylation is 1. The molecule has 128 valence electrons. The van der Waals surface area contributed by atoms with Crippen LogP contribution in [0.15, 0.2) is 34.7 Å². The molecule has 1 aromatic carbocycles. The third kappa shape index (κ3) is 4.34. The maximum absolute atomic E-state index is 12.4. The summed E-state index contributed by atoms with van der Waals surface area (Å²) in [6, 6.07) is 6.45. The lowest BCUT2D eigenvalue weighted by molar-refractivity contribution is -0.157. The van der Waals surface area contributed by atoms with Crippen molar-refractivity contribution < 1.29 is 32.3 Å². The van der Waals surface area contributed by atoms with Crippen molar-refractivity contribution >= 4 is 11.9 Å². The van der Waals surface area contributed by atoms with Gasteiger partial charge < -0.3 is 14.8 Å². The molecule has 0 saturated heterocycles. The van der Waals surface area contributed by atoms with Crippen molar-refractivity contribution in [2.45, 2.75) is 25.6 Å². The summed E-state index contributed by atoms with van der Waals surface area (Å²) in [6.07, 6.45) is -6.42. The average molecular weight is 342 g/mol. The maximum atomic E-state index is 12.4. The summed E-state index contributed by atoms with van der Waals surface area (Å²) in [5.74, 6) is -3.08. The highest BCUT2D eigenvalue weighted by molar-refractivity contribution is 5.95. The molecule has 0 bridgehead atoms. The Balaban J connectivity index is 2.20. The predicted octanol–water partition coefficient (Wildman–Crippen LogP) is 2.79. The normalized spacial score (nSPS) is 12.7. The molecule has 1 unspecified atom stereocenters. The number of hydrogen-bond acceptors (Lipinski definition) is 4. The molecule has 2 rings (SSSR count). The number of carbonyl (C=O) groups excluding carboxylic acids is 1. The molecule has 1 heterocycles. The lowest BCUT2D eigenvalue weighted by Crippen LogP contribution is -2.43. The van der Waals surface area contributed by atoms with Gasteiger partial charge in [0.1, 0.15) is 6.04 Å². The Morgan fingerprint density at radius 2 is 1.92 bits per heavy atom. The van der Waals surface area contributed by atoms with E-state index in [1.807, 2.05) is 0 Å². The maximum Gasteiger partial charge on any atom is 0.391 e. The zero-order valence-electron chi connectivity index (χ0n) is 12.4. The highest BCUT2D eigenvalue weighted by Gasteiger charge is 2.37. The van der Waals surface area contributed by atoms with Crippen molar-refractivity contribution in [2.24, 2.45) is 0 Å². The number of carbonyl (C=O) groups is 2. The van der Waals surface area contributed by atoms with E-state index in [0.29, 0.717) is 5.56 Å². The van der Waals surface area contributed by atoms with E-state index in [0.717, 1.165) is 0 Å². The highest BCUT2D eigenvalue weighted by atomic mass is 19.4. The van der Waals surface area contributed by atoms with Gasteiger partial charge in [-0.1, -0.05) is 18.2 Å². The van der Waals surface area contributed by atoms with Crippen LogP contribution in [0, 0.1) is 6.92 Å². The summed E-state index contributed by atoms with van der Waals surface area (Å²) in [4.78, 5) is 27.0. The first-order valence-corrected chi connectivity index (χ1v) is 6.80. The van der Waals surface area contributed by atoms with Crippen LogP contribution in [0.2, 0.25) is 0 Å². The second-order valence-electron chi connectivity index (χ2n) is 4.98. The fourth-order valence-corrected chi connectivity index (χ4v) is 1.97. The number of nitrogens with one attached hydrogen (secondary N) is 1. The molecule has 0 fully saturated rings. The van der Waals surface area contributed by atoms with E-state index in [4.69, 9.17) is 9.52 Å². The predicted molar refractivity (Wildman–Crippen MR) is 76.2 cm³/mol. The van der Waals surface area contributed by atoms with Crippen molar-refractivity contribution in [1.29, 1.82) is 0 Å². The Morgan fingerprint density at radius 3 is 2.46 bits per heavy atom. The van der Waals surface area contributed by atoms with E-state index in [1.165, 1.54) is 6.92 Å². The number of benzene rings is 1. The SMILES string of the molecule is Cc1nc(-c2ccccc2)oc1C(=O)NC(CC(F)(F)F)C(=O)O. The van der Waals surface area contributed by atoms with Gasteiger partial charge in [0.25, 0.3) is 5.91 Å². The van der Waals surface area contributed by atoms with Crippen LogP contribution < -0.4 is 5.32 Å². The fourth-order valence-electron chi connectivity index (χ4n) is 1.97. The number of carboxylic acid groups (broad SMARTS) is 1. The van der Waals surface area contributed by atoms with Gasteiger partial charge in [0.05, 0.1) is 12.1 Å². The molecular weight excluding hydrogens is 329 g/mol. The van der Waals surface area contributed by atoms with Crippen LogP contribution in [0.5, 0.6) is 0 Å². The second-order valence-corrected chi connectivity index (χ2v) is 4.98. The molecule has 1 amide bonds. The number of amides is 1. The number of alkyl halides is 3. The molecule has 2 N–H and O–H groups in total. The minimum absolute atomic E-state index is 0.112. The van der Waals surface area contributed by atoms with E-state index in [9.17, 15) is 22.8 Å². The van der Waals surface area contributed by atoms with E-state index >= 15 is 0 Å². The van der Waals surface area contributed by atoms with Gasteiger partial charge in [-0.25, -0.2) is 9.78 Å². The number of halogens is 3. The molecule has 9 heteroatoms. The van der Waals surface area contributed by atoms with Crippen LogP contribution in [0.4, 0.5) is 13.2 Å². The number of hydrogen-bond donors (Lipinski definition) is 2. The molecular formula is C15H13F3N2O4. The van der Waals surface area contributed by atoms with Crippen LogP contribution in [0.25, 0.3) is 11.5 Å². The number of nitrogens with zero attached hydrogens (tertiary/aromatic N) is 1. The second kappa shape index (κ2) is 6.73. The molecule has 0 saturated carbocycles. The molecule has 0 spiro atoms. The standard InChI is InChI=1S/C15H13F3N2O4/c1-8-11(24-13(19-8)9-5-3-2-4-6-9)12(21)20-10(14(22)23)7-15(16,17)18/h2-6,10H,7H2,1H3,(H,20,21)(H,22,23). The molecule has 2 aromatic rings. The van der Waals surface area contributed by atoms with E-state index < -0.39 is 30.5 Å². The number of aromatic nitrogens is 1. The average Bonchev–Trinajstić information content (AvgIpc) is 2.88. The van der Waals surface area contributed by atoms with Gasteiger partial charge in [0.15, 0.2) is 0 Å². The zero-order chi connectivity index (χ0) is 17.9. The summed E-state index contributed by atoms with van der Waals surface area (Å²) >= 11 is 0. The van der Waals surface area contributed by atoms with E-state index in [1.54, 1.807) is 35.6 Å². The Kier molecular flexibility index (Phi) is 4.91. The summed E-state index contributed by atoms with van der Waals surface area (Å²) in [5, 5.41) is 10.6. The van der Waals surface area contributed by atoms with Gasteiger partial charge in [-0.15, -0.1) is 0 Å². The largest absolute Gasteiger partial charge is 0.480 e. The van der Waals surface area contributed by atoms with Crippen molar-refractivity contribution in [3.05, 3.63) is 41.8 Å². The van der Waals surface area contributed by atoms with Crippen molar-refractivity contribution in [3.63, 3.8) is 0 Å². The Bertz CT molecular complexity index is 741. The Morgan fingerprint density at radius 1 is 1.29 bits per heavy atom. The molecule has 1 atom stereocenters. The van der Waals surface area contributed by atoms with Crippen LogP contribution in [-0.4, -0.2) is 34.2 Å². The number of rotatable bonds is 5. The Hall–Kier alpha value is -2.84. The minimum Gasteiger partial charge on any atom is -0.480 e. The molecule has 0 aliphatic heterocycles. The molecule has 0 aliphatic rings. The monoisotopic (exact) mass is 342 g/mol. The van der Waals surface area contributed by atoms with Gasteiger partial charge in [0.2, 0.25) is 11.7 Å². The third-order valence-corrected chi connectivity index (χ3v) is 3.06. The van der Waals surface area contributed by atoms with Gasteiger partial charge in [-0.2, -0.15) is 13.2 Å². The van der Waals surface area contributed by atoms with Crippen LogP contribution in [0.3, 0.4) is 0 Å². The van der Waals surface area contributed by atoms with Crippen LogP contribution in [0.1, 0.15) is 22.7 Å². The van der Waals surface area contributed by atoms with Gasteiger partial charge in [-0.05, 0) is 19.1 Å². The van der Waals surface area contributed by atoms with Crippen molar-refractivity contribution in [2.75, 3.05) is 0 Å². The summed E-state index contributed by atoms with van der Waals surface area (Å²) in [7, 11) is 0.